The fraction of sp³-hybridized carbons (Fsp3) is 0.250. The van der Waals surface area contributed by atoms with Gasteiger partial charge in [0.2, 0.25) is 0 Å². The highest BCUT2D eigenvalue weighted by Crippen LogP contribution is 2.29. The summed E-state index contributed by atoms with van der Waals surface area (Å²) in [5.74, 6) is 0. The quantitative estimate of drug-likeness (QED) is 0.875. The van der Waals surface area contributed by atoms with Gasteiger partial charge in [-0.15, -0.1) is 0 Å². The molecule has 1 aromatic carbocycles. The Morgan fingerprint density at radius 2 is 2.15 bits per heavy atom. The van der Waals surface area contributed by atoms with Crippen molar-refractivity contribution in [2.75, 3.05) is 17.1 Å². The van der Waals surface area contributed by atoms with Gasteiger partial charge in [-0.25, -0.2) is 4.98 Å². The van der Waals surface area contributed by atoms with Crippen LogP contribution < -0.4 is 10.0 Å². The fourth-order valence-corrected chi connectivity index (χ4v) is 3.02. The number of anilines is 2. The van der Waals surface area contributed by atoms with Crippen LogP contribution >= 0.6 is 11.6 Å². The van der Waals surface area contributed by atoms with Crippen molar-refractivity contribution >= 4 is 33.0 Å². The minimum absolute atomic E-state index is 0.0266. The van der Waals surface area contributed by atoms with Crippen LogP contribution in [0.2, 0.25) is 5.02 Å². The SMILES string of the molecule is CCn1cnc(S(=O)(=O)N(C)c2cc(Cl)ccc2N)c1. The van der Waals surface area contributed by atoms with Crippen molar-refractivity contribution in [3.8, 4) is 0 Å². The molecular weight excluding hydrogens is 300 g/mol. The van der Waals surface area contributed by atoms with E-state index >= 15 is 0 Å². The van der Waals surface area contributed by atoms with Crippen molar-refractivity contribution in [1.82, 2.24) is 9.55 Å². The van der Waals surface area contributed by atoms with Crippen molar-refractivity contribution in [2.45, 2.75) is 18.5 Å². The molecule has 2 rings (SSSR count). The van der Waals surface area contributed by atoms with Crippen LogP contribution in [0.15, 0.2) is 35.7 Å². The van der Waals surface area contributed by atoms with Crippen LogP contribution in [0.5, 0.6) is 0 Å². The average molecular weight is 315 g/mol. The highest BCUT2D eigenvalue weighted by Gasteiger charge is 2.25. The van der Waals surface area contributed by atoms with E-state index in [9.17, 15) is 8.42 Å². The molecule has 0 saturated carbocycles. The lowest BCUT2D eigenvalue weighted by Crippen LogP contribution is -2.27. The smallest absolute Gasteiger partial charge is 0.283 e. The zero-order valence-electron chi connectivity index (χ0n) is 11.1. The minimum Gasteiger partial charge on any atom is -0.397 e. The van der Waals surface area contributed by atoms with E-state index in [1.165, 1.54) is 25.6 Å². The molecule has 0 saturated heterocycles. The number of rotatable bonds is 4. The molecule has 0 bridgehead atoms. The molecule has 8 heteroatoms. The van der Waals surface area contributed by atoms with Crippen LogP contribution in [0.4, 0.5) is 11.4 Å². The molecule has 20 heavy (non-hydrogen) atoms. The molecule has 0 amide bonds. The molecule has 2 N–H and O–H groups in total. The van der Waals surface area contributed by atoms with Gasteiger partial charge in [0.05, 0.1) is 17.7 Å². The van der Waals surface area contributed by atoms with Gasteiger partial charge < -0.3 is 10.3 Å². The van der Waals surface area contributed by atoms with Gasteiger partial charge in [0, 0.05) is 24.8 Å². The first-order valence-corrected chi connectivity index (χ1v) is 7.73. The molecule has 108 valence electrons. The summed E-state index contributed by atoms with van der Waals surface area (Å²) >= 11 is 5.89. The van der Waals surface area contributed by atoms with E-state index in [1.54, 1.807) is 16.7 Å². The Kier molecular flexibility index (Phi) is 3.92. The van der Waals surface area contributed by atoms with Crippen molar-refractivity contribution in [2.24, 2.45) is 0 Å². The molecule has 1 aromatic heterocycles. The number of aryl methyl sites for hydroxylation is 1. The van der Waals surface area contributed by atoms with E-state index in [-0.39, 0.29) is 5.03 Å². The monoisotopic (exact) mass is 314 g/mol. The molecule has 0 fully saturated rings. The predicted molar refractivity (Wildman–Crippen MR) is 79.4 cm³/mol. The highest BCUT2D eigenvalue weighted by atomic mass is 35.5. The largest absolute Gasteiger partial charge is 0.397 e. The van der Waals surface area contributed by atoms with Gasteiger partial charge in [-0.05, 0) is 25.1 Å². The van der Waals surface area contributed by atoms with E-state index in [4.69, 9.17) is 17.3 Å². The van der Waals surface area contributed by atoms with Crippen molar-refractivity contribution in [1.29, 1.82) is 0 Å². The lowest BCUT2D eigenvalue weighted by molar-refractivity contribution is 0.591. The third-order valence-electron chi connectivity index (χ3n) is 2.93. The Hall–Kier alpha value is -1.73. The van der Waals surface area contributed by atoms with Crippen LogP contribution in [0, 0.1) is 0 Å². The summed E-state index contributed by atoms with van der Waals surface area (Å²) in [6.07, 6.45) is 2.95. The normalized spacial score (nSPS) is 11.6. The Morgan fingerprint density at radius 3 is 2.75 bits per heavy atom. The standard InChI is InChI=1S/C12H15ClN4O2S/c1-3-17-7-12(15-8-17)20(18,19)16(2)11-6-9(13)4-5-10(11)14/h4-8H,3,14H2,1-2H3. The molecule has 0 unspecified atom stereocenters. The summed E-state index contributed by atoms with van der Waals surface area (Å²) in [5.41, 5.74) is 6.46. The third kappa shape index (κ3) is 2.59. The molecule has 0 spiro atoms. The summed E-state index contributed by atoms with van der Waals surface area (Å²) in [6, 6.07) is 4.67. The van der Waals surface area contributed by atoms with Crippen molar-refractivity contribution in [3.63, 3.8) is 0 Å². The van der Waals surface area contributed by atoms with Gasteiger partial charge in [-0.2, -0.15) is 8.42 Å². The number of imidazole rings is 1. The number of nitrogens with zero attached hydrogens (tertiary/aromatic N) is 3. The average Bonchev–Trinajstić information content (AvgIpc) is 2.90. The Labute approximate surface area is 122 Å². The molecule has 2 aromatic rings. The lowest BCUT2D eigenvalue weighted by Gasteiger charge is -2.20. The number of sulfonamides is 1. The van der Waals surface area contributed by atoms with E-state index in [1.807, 2.05) is 6.92 Å². The Bertz CT molecular complexity index is 727. The number of hydrogen-bond donors (Lipinski definition) is 1. The van der Waals surface area contributed by atoms with Crippen molar-refractivity contribution < 1.29 is 8.42 Å². The van der Waals surface area contributed by atoms with Crippen LogP contribution in [-0.2, 0) is 16.6 Å². The van der Waals surface area contributed by atoms with Gasteiger partial charge in [-0.1, -0.05) is 11.6 Å². The third-order valence-corrected chi connectivity index (χ3v) is 4.82. The van der Waals surface area contributed by atoms with Gasteiger partial charge in [-0.3, -0.25) is 4.31 Å². The van der Waals surface area contributed by atoms with E-state index in [0.29, 0.717) is 22.9 Å². The molecule has 0 aliphatic heterocycles. The first kappa shape index (κ1) is 14.7. The first-order chi connectivity index (χ1) is 9.36. The molecule has 6 nitrogen and oxygen atoms in total. The molecule has 0 aliphatic carbocycles. The predicted octanol–water partition coefficient (Wildman–Crippen LogP) is 1.96. The van der Waals surface area contributed by atoms with Gasteiger partial charge in [0.15, 0.2) is 5.03 Å². The Morgan fingerprint density at radius 1 is 1.45 bits per heavy atom. The van der Waals surface area contributed by atoms with Crippen LogP contribution in [0.3, 0.4) is 0 Å². The maximum atomic E-state index is 12.5. The number of hydrogen-bond acceptors (Lipinski definition) is 4. The number of halogens is 1. The Balaban J connectivity index is 2.45. The van der Waals surface area contributed by atoms with Gasteiger partial charge in [0.1, 0.15) is 0 Å². The number of nitrogens with two attached hydrogens (primary N) is 1. The first-order valence-electron chi connectivity index (χ1n) is 5.92. The second-order valence-electron chi connectivity index (χ2n) is 4.22. The molecule has 0 radical (unpaired) electrons. The highest BCUT2D eigenvalue weighted by molar-refractivity contribution is 7.92. The molecular formula is C12H15ClN4O2S. The topological polar surface area (TPSA) is 81.2 Å². The van der Waals surface area contributed by atoms with E-state index in [0.717, 1.165) is 4.31 Å². The van der Waals surface area contributed by atoms with Crippen LogP contribution in [-0.4, -0.2) is 25.0 Å². The molecule has 0 atom stereocenters. The minimum atomic E-state index is -3.76. The zero-order valence-corrected chi connectivity index (χ0v) is 12.7. The summed E-state index contributed by atoms with van der Waals surface area (Å²) < 4.78 is 27.7. The number of aromatic nitrogens is 2. The number of nitrogen functional groups attached to an aromatic ring is 1. The molecule has 1 heterocycles. The number of benzene rings is 1. The lowest BCUT2D eigenvalue weighted by atomic mass is 10.3. The van der Waals surface area contributed by atoms with Crippen LogP contribution in [0.1, 0.15) is 6.92 Å². The second-order valence-corrected chi connectivity index (χ2v) is 6.57. The maximum Gasteiger partial charge on any atom is 0.283 e. The molecule has 0 aliphatic rings. The summed E-state index contributed by atoms with van der Waals surface area (Å²) in [5, 5.41) is 0.386. The van der Waals surface area contributed by atoms with Crippen LogP contribution in [0.25, 0.3) is 0 Å². The zero-order chi connectivity index (χ0) is 14.9. The van der Waals surface area contributed by atoms with E-state index < -0.39 is 10.0 Å². The van der Waals surface area contributed by atoms with Crippen molar-refractivity contribution in [3.05, 3.63) is 35.7 Å². The summed E-state index contributed by atoms with van der Waals surface area (Å²) in [7, 11) is -2.34. The second kappa shape index (κ2) is 5.34. The van der Waals surface area contributed by atoms with Gasteiger partial charge >= 0.3 is 0 Å². The summed E-state index contributed by atoms with van der Waals surface area (Å²) in [4.78, 5) is 3.92. The fourth-order valence-electron chi connectivity index (χ4n) is 1.71. The van der Waals surface area contributed by atoms with Gasteiger partial charge in [0.25, 0.3) is 10.0 Å². The maximum absolute atomic E-state index is 12.5. The van der Waals surface area contributed by atoms with E-state index in [2.05, 4.69) is 4.98 Å². The summed E-state index contributed by atoms with van der Waals surface area (Å²) in [6.45, 7) is 2.54.